The average Bonchev–Trinajstić information content (AvgIpc) is 2.02. The molecule has 2 aliphatic rings. The highest BCUT2D eigenvalue weighted by molar-refractivity contribution is 4.84. The normalized spacial score (nSPS) is 35.8. The third-order valence-electron chi connectivity index (χ3n) is 3.65. The van der Waals surface area contributed by atoms with Crippen LogP contribution in [0.4, 0.5) is 0 Å². The second-order valence-electron chi connectivity index (χ2n) is 4.63. The Labute approximate surface area is 81.7 Å². The highest BCUT2D eigenvalue weighted by Crippen LogP contribution is 2.29. The van der Waals surface area contributed by atoms with Crippen molar-refractivity contribution in [2.45, 2.75) is 38.1 Å². The molecule has 1 saturated carbocycles. The van der Waals surface area contributed by atoms with Gasteiger partial charge in [0.15, 0.2) is 0 Å². The first-order valence-electron chi connectivity index (χ1n) is 5.79. The van der Waals surface area contributed by atoms with Crippen molar-refractivity contribution in [1.82, 2.24) is 10.2 Å². The minimum Gasteiger partial charge on any atom is -0.319 e. The number of hydrogen-bond donors (Lipinski definition) is 1. The number of nitrogens with zero attached hydrogens (tertiary/aromatic N) is 1. The van der Waals surface area contributed by atoms with E-state index in [0.717, 1.165) is 12.0 Å². The van der Waals surface area contributed by atoms with Crippen LogP contribution in [0.25, 0.3) is 0 Å². The highest BCUT2D eigenvalue weighted by atomic mass is 15.2. The number of hydrogen-bond acceptors (Lipinski definition) is 2. The van der Waals surface area contributed by atoms with Crippen LogP contribution >= 0.6 is 0 Å². The molecule has 2 unspecified atom stereocenters. The molecule has 1 saturated heterocycles. The Bertz CT molecular complexity index is 152. The highest BCUT2D eigenvalue weighted by Gasteiger charge is 2.28. The first kappa shape index (κ1) is 9.47. The fourth-order valence-corrected chi connectivity index (χ4v) is 2.77. The van der Waals surface area contributed by atoms with E-state index in [9.17, 15) is 0 Å². The van der Waals surface area contributed by atoms with Gasteiger partial charge >= 0.3 is 0 Å². The van der Waals surface area contributed by atoms with Crippen LogP contribution in [0.5, 0.6) is 0 Å². The monoisotopic (exact) mass is 182 g/mol. The van der Waals surface area contributed by atoms with Gasteiger partial charge in [-0.05, 0) is 58.3 Å². The van der Waals surface area contributed by atoms with E-state index in [1.54, 1.807) is 0 Å². The molecule has 0 amide bonds. The first-order chi connectivity index (χ1) is 6.40. The zero-order valence-electron chi connectivity index (χ0n) is 8.76. The Morgan fingerprint density at radius 3 is 2.69 bits per heavy atom. The molecule has 0 spiro atoms. The minimum atomic E-state index is 0.931. The van der Waals surface area contributed by atoms with Crippen molar-refractivity contribution < 1.29 is 0 Å². The lowest BCUT2D eigenvalue weighted by Crippen LogP contribution is -2.47. The molecule has 0 aromatic carbocycles. The molecule has 2 nitrogen and oxygen atoms in total. The quantitative estimate of drug-likeness (QED) is 0.711. The predicted octanol–water partition coefficient (Wildman–Crippen LogP) is 1.47. The second kappa shape index (κ2) is 4.43. The van der Waals surface area contributed by atoms with Crippen molar-refractivity contribution in [3.63, 3.8) is 0 Å². The molecule has 2 atom stereocenters. The molecule has 2 fully saturated rings. The standard InChI is InChI=1S/C11H22N2/c1-12-9-10-4-2-5-11(8-10)13-6-3-7-13/h10-12H,2-9H2,1H3. The molecule has 0 bridgehead atoms. The van der Waals surface area contributed by atoms with E-state index in [4.69, 9.17) is 0 Å². The van der Waals surface area contributed by atoms with Gasteiger partial charge in [-0.3, -0.25) is 0 Å². The van der Waals surface area contributed by atoms with Gasteiger partial charge in [0, 0.05) is 6.04 Å². The first-order valence-corrected chi connectivity index (χ1v) is 5.79. The lowest BCUT2D eigenvalue weighted by molar-refractivity contribution is 0.0741. The molecule has 1 aliphatic heterocycles. The Hall–Kier alpha value is -0.0800. The number of likely N-dealkylation sites (tertiary alicyclic amines) is 1. The topological polar surface area (TPSA) is 15.3 Å². The molecule has 1 N–H and O–H groups in total. The van der Waals surface area contributed by atoms with Crippen LogP contribution in [0.3, 0.4) is 0 Å². The van der Waals surface area contributed by atoms with Crippen LogP contribution in [0, 0.1) is 5.92 Å². The van der Waals surface area contributed by atoms with E-state index in [0.29, 0.717) is 0 Å². The maximum absolute atomic E-state index is 3.31. The van der Waals surface area contributed by atoms with Crippen LogP contribution in [0.1, 0.15) is 32.1 Å². The third-order valence-corrected chi connectivity index (χ3v) is 3.65. The fourth-order valence-electron chi connectivity index (χ4n) is 2.77. The molecule has 0 aromatic heterocycles. The molecule has 0 radical (unpaired) electrons. The maximum Gasteiger partial charge on any atom is 0.00983 e. The molecule has 1 heterocycles. The van der Waals surface area contributed by atoms with E-state index < -0.39 is 0 Å². The van der Waals surface area contributed by atoms with E-state index >= 15 is 0 Å². The van der Waals surface area contributed by atoms with Gasteiger partial charge in [0.05, 0.1) is 0 Å². The SMILES string of the molecule is CNCC1CCCC(N2CCC2)C1. The van der Waals surface area contributed by atoms with Crippen molar-refractivity contribution >= 4 is 0 Å². The van der Waals surface area contributed by atoms with Crippen molar-refractivity contribution in [2.24, 2.45) is 5.92 Å². The van der Waals surface area contributed by atoms with E-state index in [1.165, 1.54) is 51.7 Å². The Balaban J connectivity index is 1.77. The summed E-state index contributed by atoms with van der Waals surface area (Å²) < 4.78 is 0. The van der Waals surface area contributed by atoms with Crippen LogP contribution in [0.2, 0.25) is 0 Å². The Morgan fingerprint density at radius 2 is 2.08 bits per heavy atom. The summed E-state index contributed by atoms with van der Waals surface area (Å²) in [5.41, 5.74) is 0. The Kier molecular flexibility index (Phi) is 3.23. The summed E-state index contributed by atoms with van der Waals surface area (Å²) in [5, 5.41) is 3.31. The van der Waals surface area contributed by atoms with Gasteiger partial charge in [-0.1, -0.05) is 6.42 Å². The summed E-state index contributed by atoms with van der Waals surface area (Å²) in [6, 6.07) is 0.931. The summed E-state index contributed by atoms with van der Waals surface area (Å²) in [4.78, 5) is 2.68. The molecule has 76 valence electrons. The third kappa shape index (κ3) is 2.23. The minimum absolute atomic E-state index is 0.931. The lowest BCUT2D eigenvalue weighted by Gasteiger charge is -2.42. The van der Waals surface area contributed by atoms with Crippen LogP contribution in [-0.4, -0.2) is 37.6 Å². The zero-order chi connectivity index (χ0) is 9.10. The molecule has 13 heavy (non-hydrogen) atoms. The van der Waals surface area contributed by atoms with Gasteiger partial charge in [0.25, 0.3) is 0 Å². The summed E-state index contributed by atoms with van der Waals surface area (Å²) >= 11 is 0. The van der Waals surface area contributed by atoms with Crippen molar-refractivity contribution in [1.29, 1.82) is 0 Å². The van der Waals surface area contributed by atoms with Gasteiger partial charge < -0.3 is 10.2 Å². The predicted molar refractivity (Wildman–Crippen MR) is 55.9 cm³/mol. The largest absolute Gasteiger partial charge is 0.319 e. The fraction of sp³-hybridized carbons (Fsp3) is 1.00. The molecule has 1 aliphatic carbocycles. The van der Waals surface area contributed by atoms with Crippen LogP contribution in [-0.2, 0) is 0 Å². The Morgan fingerprint density at radius 1 is 1.23 bits per heavy atom. The second-order valence-corrected chi connectivity index (χ2v) is 4.63. The number of rotatable bonds is 3. The van der Waals surface area contributed by atoms with Gasteiger partial charge in [-0.2, -0.15) is 0 Å². The van der Waals surface area contributed by atoms with Crippen LogP contribution < -0.4 is 5.32 Å². The van der Waals surface area contributed by atoms with E-state index in [-0.39, 0.29) is 0 Å². The zero-order valence-corrected chi connectivity index (χ0v) is 8.76. The van der Waals surface area contributed by atoms with Gasteiger partial charge in [0.1, 0.15) is 0 Å². The molecular formula is C11H22N2. The van der Waals surface area contributed by atoms with Crippen molar-refractivity contribution in [2.75, 3.05) is 26.7 Å². The van der Waals surface area contributed by atoms with Gasteiger partial charge in [0.2, 0.25) is 0 Å². The van der Waals surface area contributed by atoms with Crippen LogP contribution in [0.15, 0.2) is 0 Å². The molecule has 2 rings (SSSR count). The van der Waals surface area contributed by atoms with Gasteiger partial charge in [-0.25, -0.2) is 0 Å². The summed E-state index contributed by atoms with van der Waals surface area (Å²) in [6.45, 7) is 3.97. The van der Waals surface area contributed by atoms with Gasteiger partial charge in [-0.15, -0.1) is 0 Å². The van der Waals surface area contributed by atoms with Crippen molar-refractivity contribution in [3.05, 3.63) is 0 Å². The van der Waals surface area contributed by atoms with Crippen molar-refractivity contribution in [3.8, 4) is 0 Å². The van der Waals surface area contributed by atoms with E-state index in [2.05, 4.69) is 17.3 Å². The average molecular weight is 182 g/mol. The smallest absolute Gasteiger partial charge is 0.00983 e. The number of nitrogens with one attached hydrogen (secondary N) is 1. The van der Waals surface area contributed by atoms with E-state index in [1.807, 2.05) is 0 Å². The molecule has 0 aromatic rings. The molecular weight excluding hydrogens is 160 g/mol. The summed E-state index contributed by atoms with van der Waals surface area (Å²) in [7, 11) is 2.08. The lowest BCUT2D eigenvalue weighted by atomic mass is 9.84. The summed E-state index contributed by atoms with van der Waals surface area (Å²) in [5.74, 6) is 0.948. The summed E-state index contributed by atoms with van der Waals surface area (Å²) in [6.07, 6.45) is 7.24. The maximum atomic E-state index is 3.31. The molecule has 2 heteroatoms.